The van der Waals surface area contributed by atoms with Gasteiger partial charge in [-0.3, -0.25) is 0 Å². The summed E-state index contributed by atoms with van der Waals surface area (Å²) < 4.78 is 43.2. The molecule has 5 nitrogen and oxygen atoms in total. The second-order valence-corrected chi connectivity index (χ2v) is 6.25. The van der Waals surface area contributed by atoms with Crippen molar-refractivity contribution in [2.75, 3.05) is 11.5 Å². The van der Waals surface area contributed by atoms with Crippen LogP contribution in [0.3, 0.4) is 0 Å². The molecule has 1 aliphatic heterocycles. The van der Waals surface area contributed by atoms with Gasteiger partial charge in [-0.1, -0.05) is 18.2 Å². The summed E-state index contributed by atoms with van der Waals surface area (Å²) in [5, 5.41) is 0. The van der Waals surface area contributed by atoms with Gasteiger partial charge >= 0.3 is 0 Å². The third kappa shape index (κ3) is 3.03. The molecule has 88 valence electrons. The Hall–Kier alpha value is -0.920. The molecule has 1 heterocycles. The van der Waals surface area contributed by atoms with Gasteiger partial charge in [0, 0.05) is 0 Å². The minimum atomic E-state index is -3.73. The summed E-state index contributed by atoms with van der Waals surface area (Å²) in [6.45, 7) is 0. The quantitative estimate of drug-likeness (QED) is 0.774. The zero-order valence-electron chi connectivity index (χ0n) is 8.24. The molecule has 7 heteroatoms. The molecule has 2 atom stereocenters. The smallest absolute Gasteiger partial charge is 0.283 e. The van der Waals surface area contributed by atoms with Crippen molar-refractivity contribution in [2.24, 2.45) is 0 Å². The molecular weight excluding hydrogens is 252 g/mol. The van der Waals surface area contributed by atoms with Gasteiger partial charge in [0.25, 0.3) is 10.1 Å². The molecule has 0 N–H and O–H groups in total. The molecule has 2 rings (SSSR count). The van der Waals surface area contributed by atoms with Crippen LogP contribution in [-0.2, 0) is 24.8 Å². The summed E-state index contributed by atoms with van der Waals surface area (Å²) in [6.07, 6.45) is -0.623. The van der Waals surface area contributed by atoms with Crippen LogP contribution in [0.1, 0.15) is 0 Å². The third-order valence-electron chi connectivity index (χ3n) is 1.94. The Balaban J connectivity index is 2.09. The molecule has 0 radical (unpaired) electrons. The van der Waals surface area contributed by atoms with E-state index in [-0.39, 0.29) is 11.5 Å². The number of hydrogen-bond acceptors (Lipinski definition) is 5. The van der Waals surface area contributed by atoms with Crippen molar-refractivity contribution in [2.45, 2.75) is 6.10 Å². The largest absolute Gasteiger partial charge is 0.488 e. The van der Waals surface area contributed by atoms with Crippen molar-refractivity contribution < 1.29 is 21.0 Å². The van der Waals surface area contributed by atoms with E-state index in [1.54, 1.807) is 24.3 Å². The summed E-state index contributed by atoms with van der Waals surface area (Å²) in [7, 11) is -3.73. The van der Waals surface area contributed by atoms with E-state index in [1.807, 2.05) is 6.07 Å². The Labute approximate surface area is 96.2 Å². The van der Waals surface area contributed by atoms with Gasteiger partial charge in [-0.25, -0.2) is 4.21 Å². The second kappa shape index (κ2) is 4.52. The van der Waals surface area contributed by atoms with E-state index in [0.29, 0.717) is 5.75 Å². The Kier molecular flexibility index (Phi) is 3.27. The lowest BCUT2D eigenvalue weighted by atomic mass is 10.3. The van der Waals surface area contributed by atoms with E-state index in [4.69, 9.17) is 4.74 Å². The van der Waals surface area contributed by atoms with E-state index in [0.717, 1.165) is 0 Å². The molecule has 0 aromatic heterocycles. The van der Waals surface area contributed by atoms with Crippen LogP contribution in [0, 0.1) is 0 Å². The third-order valence-corrected chi connectivity index (χ3v) is 4.80. The Morgan fingerprint density at radius 1 is 1.31 bits per heavy atom. The first-order valence-corrected chi connectivity index (χ1v) is 7.40. The minimum absolute atomic E-state index is 0.0636. The van der Waals surface area contributed by atoms with Gasteiger partial charge in [-0.05, 0) is 12.1 Å². The maximum absolute atomic E-state index is 11.2. The zero-order valence-corrected chi connectivity index (χ0v) is 9.87. The van der Waals surface area contributed by atoms with Crippen LogP contribution in [0.4, 0.5) is 0 Å². The van der Waals surface area contributed by atoms with Crippen LogP contribution in [0.15, 0.2) is 30.3 Å². The molecule has 0 saturated carbocycles. The van der Waals surface area contributed by atoms with Crippen LogP contribution in [0.5, 0.6) is 5.75 Å². The Morgan fingerprint density at radius 2 is 2.00 bits per heavy atom. The van der Waals surface area contributed by atoms with Crippen LogP contribution >= 0.6 is 0 Å². The normalized spacial score (nSPS) is 28.5. The maximum Gasteiger partial charge on any atom is 0.283 e. The first kappa shape index (κ1) is 11.6. The average molecular weight is 262 g/mol. The fourth-order valence-corrected chi connectivity index (χ4v) is 4.01. The molecule has 2 unspecified atom stereocenters. The van der Waals surface area contributed by atoms with Gasteiger partial charge in [0.05, 0.1) is 5.75 Å². The van der Waals surface area contributed by atoms with Crippen LogP contribution in [0.25, 0.3) is 0 Å². The monoisotopic (exact) mass is 262 g/mol. The summed E-state index contributed by atoms with van der Waals surface area (Å²) in [5.74, 6) is 0.350. The van der Waals surface area contributed by atoms with E-state index < -0.39 is 27.3 Å². The summed E-state index contributed by atoms with van der Waals surface area (Å²) in [6, 6.07) is 8.81. The number of benzene rings is 1. The van der Waals surface area contributed by atoms with Crippen molar-refractivity contribution in [1.29, 1.82) is 0 Å². The SMILES string of the molecule is O=S1CC(Oc2ccccc2)CS(=O)(=O)O1. The Bertz CT molecular complexity index is 482. The zero-order chi connectivity index (χ0) is 11.6. The fourth-order valence-electron chi connectivity index (χ4n) is 1.36. The van der Waals surface area contributed by atoms with Crippen molar-refractivity contribution in [3.8, 4) is 5.75 Å². The highest BCUT2D eigenvalue weighted by Gasteiger charge is 2.32. The second-order valence-electron chi connectivity index (χ2n) is 3.32. The number of hydrogen-bond donors (Lipinski definition) is 0. The predicted molar refractivity (Wildman–Crippen MR) is 58.7 cm³/mol. The molecule has 0 spiro atoms. The topological polar surface area (TPSA) is 69.7 Å². The first-order valence-electron chi connectivity index (χ1n) is 4.58. The standard InChI is InChI=1S/C9H10O5S2/c10-15-6-9(7-16(11,12)14-15)13-8-4-2-1-3-5-8/h1-5,9H,6-7H2. The van der Waals surface area contributed by atoms with Gasteiger partial charge in [0.1, 0.15) is 17.6 Å². The summed E-state index contributed by atoms with van der Waals surface area (Å²) in [5.41, 5.74) is 0. The van der Waals surface area contributed by atoms with E-state index in [9.17, 15) is 12.6 Å². The van der Waals surface area contributed by atoms with E-state index in [1.165, 1.54) is 0 Å². The Morgan fingerprint density at radius 3 is 2.62 bits per heavy atom. The highest BCUT2D eigenvalue weighted by molar-refractivity contribution is 7.97. The molecule has 1 aromatic rings. The molecular formula is C9H10O5S2. The molecule has 0 aliphatic carbocycles. The molecule has 16 heavy (non-hydrogen) atoms. The average Bonchev–Trinajstić information content (AvgIpc) is 2.15. The lowest BCUT2D eigenvalue weighted by Crippen LogP contribution is -2.38. The van der Waals surface area contributed by atoms with Crippen LogP contribution < -0.4 is 4.74 Å². The molecule has 1 aliphatic rings. The first-order chi connectivity index (χ1) is 7.55. The minimum Gasteiger partial charge on any atom is -0.488 e. The number of ether oxygens (including phenoxy) is 1. The lowest BCUT2D eigenvalue weighted by molar-refractivity contribution is 0.238. The highest BCUT2D eigenvalue weighted by Crippen LogP contribution is 2.17. The van der Waals surface area contributed by atoms with Gasteiger partial charge < -0.3 is 4.74 Å². The lowest BCUT2D eigenvalue weighted by Gasteiger charge is -2.21. The van der Waals surface area contributed by atoms with E-state index in [2.05, 4.69) is 3.63 Å². The predicted octanol–water partition coefficient (Wildman–Crippen LogP) is 0.458. The molecule has 1 aromatic carbocycles. The van der Waals surface area contributed by atoms with Crippen molar-refractivity contribution in [3.05, 3.63) is 30.3 Å². The molecule has 0 amide bonds. The van der Waals surface area contributed by atoms with E-state index >= 15 is 0 Å². The highest BCUT2D eigenvalue weighted by atomic mass is 32.3. The fraction of sp³-hybridized carbons (Fsp3) is 0.333. The van der Waals surface area contributed by atoms with Crippen LogP contribution in [-0.4, -0.2) is 30.2 Å². The molecule has 0 bridgehead atoms. The van der Waals surface area contributed by atoms with Gasteiger partial charge in [-0.15, -0.1) is 0 Å². The number of rotatable bonds is 2. The van der Waals surface area contributed by atoms with Gasteiger partial charge in [0.2, 0.25) is 0 Å². The van der Waals surface area contributed by atoms with Crippen molar-refractivity contribution in [3.63, 3.8) is 0 Å². The molecule has 1 fully saturated rings. The number of para-hydroxylation sites is 1. The van der Waals surface area contributed by atoms with Crippen molar-refractivity contribution >= 4 is 21.2 Å². The summed E-state index contributed by atoms with van der Waals surface area (Å²) >= 11 is -1.83. The maximum atomic E-state index is 11.2. The van der Waals surface area contributed by atoms with Crippen LogP contribution in [0.2, 0.25) is 0 Å². The van der Waals surface area contributed by atoms with Crippen molar-refractivity contribution in [1.82, 2.24) is 0 Å². The summed E-state index contributed by atoms with van der Waals surface area (Å²) in [4.78, 5) is 0. The van der Waals surface area contributed by atoms with Gasteiger partial charge in [0.15, 0.2) is 11.1 Å². The molecule has 1 saturated heterocycles. The van der Waals surface area contributed by atoms with Gasteiger partial charge in [-0.2, -0.15) is 12.0 Å².